The highest BCUT2D eigenvalue weighted by Crippen LogP contribution is 2.26. The lowest BCUT2D eigenvalue weighted by molar-refractivity contribution is 0.187. The van der Waals surface area contributed by atoms with E-state index in [-0.39, 0.29) is 5.82 Å². The molecule has 0 radical (unpaired) electrons. The third-order valence-corrected chi connectivity index (χ3v) is 2.62. The van der Waals surface area contributed by atoms with Gasteiger partial charge in [-0.3, -0.25) is 0 Å². The Morgan fingerprint density at radius 3 is 2.76 bits per heavy atom. The lowest BCUT2D eigenvalue weighted by atomic mass is 10.1. The Kier molecular flexibility index (Phi) is 3.29. The van der Waals surface area contributed by atoms with Gasteiger partial charge in [0.15, 0.2) is 0 Å². The van der Waals surface area contributed by atoms with Gasteiger partial charge in [-0.15, -0.1) is 0 Å². The van der Waals surface area contributed by atoms with Crippen molar-refractivity contribution in [2.45, 2.75) is 26.4 Å². The van der Waals surface area contributed by atoms with Crippen LogP contribution in [-0.4, -0.2) is 11.2 Å². The highest BCUT2D eigenvalue weighted by atomic mass is 19.1. The van der Waals surface area contributed by atoms with E-state index in [4.69, 9.17) is 4.42 Å². The number of rotatable bonds is 3. The molecule has 0 saturated carbocycles. The van der Waals surface area contributed by atoms with Crippen molar-refractivity contribution in [1.82, 2.24) is 0 Å². The molecule has 90 valence electrons. The predicted octanol–water partition coefficient (Wildman–Crippen LogP) is 3.32. The van der Waals surface area contributed by atoms with Crippen molar-refractivity contribution in [1.29, 1.82) is 0 Å². The summed E-state index contributed by atoms with van der Waals surface area (Å²) in [6, 6.07) is 8.23. The Balaban J connectivity index is 2.33. The number of aryl methyl sites for hydroxylation is 1. The number of benzene rings is 1. The molecule has 0 spiro atoms. The van der Waals surface area contributed by atoms with Gasteiger partial charge in [-0.2, -0.15) is 0 Å². The number of hydrogen-bond donors (Lipinski definition) is 1. The van der Waals surface area contributed by atoms with Crippen LogP contribution >= 0.6 is 0 Å². The average molecular weight is 234 g/mol. The van der Waals surface area contributed by atoms with Crippen molar-refractivity contribution >= 4 is 0 Å². The number of hydrogen-bond acceptors (Lipinski definition) is 2. The van der Waals surface area contributed by atoms with E-state index in [1.54, 1.807) is 19.1 Å². The molecule has 0 bridgehead atoms. The van der Waals surface area contributed by atoms with Gasteiger partial charge in [-0.1, -0.05) is 6.07 Å². The lowest BCUT2D eigenvalue weighted by Gasteiger charge is -2.03. The number of halogens is 1. The third kappa shape index (κ3) is 2.74. The number of furan rings is 1. The number of aliphatic hydroxyl groups is 1. The van der Waals surface area contributed by atoms with Crippen molar-refractivity contribution in [3.8, 4) is 11.3 Å². The topological polar surface area (TPSA) is 33.4 Å². The van der Waals surface area contributed by atoms with Crippen LogP contribution in [0.5, 0.6) is 0 Å². The van der Waals surface area contributed by atoms with Crippen LogP contribution in [0.25, 0.3) is 11.3 Å². The fraction of sp³-hybridized carbons (Fsp3) is 0.286. The molecule has 1 unspecified atom stereocenters. The van der Waals surface area contributed by atoms with Crippen LogP contribution in [0.2, 0.25) is 0 Å². The fourth-order valence-electron chi connectivity index (χ4n) is 1.78. The van der Waals surface area contributed by atoms with Crippen LogP contribution in [0.1, 0.15) is 18.2 Å². The van der Waals surface area contributed by atoms with Gasteiger partial charge in [0.25, 0.3) is 0 Å². The van der Waals surface area contributed by atoms with Crippen molar-refractivity contribution < 1.29 is 13.9 Å². The third-order valence-electron chi connectivity index (χ3n) is 2.62. The van der Waals surface area contributed by atoms with Gasteiger partial charge in [0.05, 0.1) is 6.10 Å². The summed E-state index contributed by atoms with van der Waals surface area (Å²) < 4.78 is 18.8. The van der Waals surface area contributed by atoms with Gasteiger partial charge in [0.2, 0.25) is 0 Å². The molecule has 1 heterocycles. The SMILES string of the molecule is Cc1ccc(F)cc1-c1ccc(CC(C)O)o1. The van der Waals surface area contributed by atoms with Gasteiger partial charge in [-0.25, -0.2) is 4.39 Å². The summed E-state index contributed by atoms with van der Waals surface area (Å²) in [5.41, 5.74) is 1.71. The van der Waals surface area contributed by atoms with E-state index in [1.165, 1.54) is 12.1 Å². The van der Waals surface area contributed by atoms with Crippen LogP contribution in [0.3, 0.4) is 0 Å². The molecule has 0 amide bonds. The molecule has 2 rings (SSSR count). The Bertz CT molecular complexity index is 515. The summed E-state index contributed by atoms with van der Waals surface area (Å²) >= 11 is 0. The Morgan fingerprint density at radius 1 is 1.29 bits per heavy atom. The molecular formula is C14H15FO2. The summed E-state index contributed by atoms with van der Waals surface area (Å²) in [7, 11) is 0. The quantitative estimate of drug-likeness (QED) is 0.883. The van der Waals surface area contributed by atoms with E-state index in [0.717, 1.165) is 11.1 Å². The smallest absolute Gasteiger partial charge is 0.134 e. The first-order valence-corrected chi connectivity index (χ1v) is 5.59. The molecular weight excluding hydrogens is 219 g/mol. The highest BCUT2D eigenvalue weighted by Gasteiger charge is 2.09. The summed E-state index contributed by atoms with van der Waals surface area (Å²) in [6.45, 7) is 3.61. The van der Waals surface area contributed by atoms with Gasteiger partial charge >= 0.3 is 0 Å². The second kappa shape index (κ2) is 4.72. The monoisotopic (exact) mass is 234 g/mol. The zero-order valence-electron chi connectivity index (χ0n) is 9.90. The van der Waals surface area contributed by atoms with E-state index in [1.807, 2.05) is 13.0 Å². The Hall–Kier alpha value is -1.61. The minimum Gasteiger partial charge on any atom is -0.461 e. The Morgan fingerprint density at radius 2 is 2.06 bits per heavy atom. The maximum absolute atomic E-state index is 13.2. The first kappa shape index (κ1) is 11.9. The molecule has 1 N–H and O–H groups in total. The molecule has 1 aromatic carbocycles. The van der Waals surface area contributed by atoms with E-state index < -0.39 is 6.10 Å². The molecule has 2 nitrogen and oxygen atoms in total. The molecule has 0 aliphatic rings. The molecule has 0 aliphatic heterocycles. The summed E-state index contributed by atoms with van der Waals surface area (Å²) in [6.07, 6.45) is 0.0246. The zero-order chi connectivity index (χ0) is 12.4. The minimum absolute atomic E-state index is 0.279. The fourth-order valence-corrected chi connectivity index (χ4v) is 1.78. The van der Waals surface area contributed by atoms with Crippen molar-refractivity contribution in [3.05, 3.63) is 47.5 Å². The predicted molar refractivity (Wildman–Crippen MR) is 64.2 cm³/mol. The molecule has 1 atom stereocenters. The Labute approximate surface area is 99.7 Å². The van der Waals surface area contributed by atoms with Gasteiger partial charge in [0, 0.05) is 12.0 Å². The second-order valence-electron chi connectivity index (χ2n) is 4.28. The van der Waals surface area contributed by atoms with Crippen molar-refractivity contribution in [2.24, 2.45) is 0 Å². The van der Waals surface area contributed by atoms with E-state index in [9.17, 15) is 9.50 Å². The molecule has 0 saturated heterocycles. The van der Waals surface area contributed by atoms with Crippen LogP contribution in [0.4, 0.5) is 4.39 Å². The van der Waals surface area contributed by atoms with Crippen LogP contribution in [0, 0.1) is 12.7 Å². The van der Waals surface area contributed by atoms with Gasteiger partial charge in [-0.05, 0) is 43.7 Å². The van der Waals surface area contributed by atoms with E-state index >= 15 is 0 Å². The van der Waals surface area contributed by atoms with Crippen molar-refractivity contribution in [3.63, 3.8) is 0 Å². The normalized spacial score (nSPS) is 12.7. The standard InChI is InChI=1S/C14H15FO2/c1-9-3-4-11(15)8-13(9)14-6-5-12(17-14)7-10(2)16/h3-6,8,10,16H,7H2,1-2H3. The average Bonchev–Trinajstić information content (AvgIpc) is 2.69. The molecule has 0 fully saturated rings. The maximum atomic E-state index is 13.2. The van der Waals surface area contributed by atoms with Gasteiger partial charge in [0.1, 0.15) is 17.3 Å². The minimum atomic E-state index is -0.442. The highest BCUT2D eigenvalue weighted by molar-refractivity contribution is 5.62. The second-order valence-corrected chi connectivity index (χ2v) is 4.28. The zero-order valence-corrected chi connectivity index (χ0v) is 9.90. The van der Waals surface area contributed by atoms with Crippen LogP contribution < -0.4 is 0 Å². The lowest BCUT2D eigenvalue weighted by Crippen LogP contribution is -2.02. The maximum Gasteiger partial charge on any atom is 0.134 e. The summed E-state index contributed by atoms with van der Waals surface area (Å²) in [5.74, 6) is 1.07. The molecule has 1 aromatic heterocycles. The molecule has 2 aromatic rings. The summed E-state index contributed by atoms with van der Waals surface area (Å²) in [5, 5.41) is 9.26. The van der Waals surface area contributed by atoms with E-state index in [0.29, 0.717) is 17.9 Å². The van der Waals surface area contributed by atoms with Crippen molar-refractivity contribution in [2.75, 3.05) is 0 Å². The first-order valence-electron chi connectivity index (χ1n) is 5.59. The molecule has 0 aliphatic carbocycles. The number of aliphatic hydroxyl groups excluding tert-OH is 1. The largest absolute Gasteiger partial charge is 0.461 e. The first-order chi connectivity index (χ1) is 8.06. The van der Waals surface area contributed by atoms with Crippen LogP contribution in [-0.2, 0) is 6.42 Å². The van der Waals surface area contributed by atoms with Crippen LogP contribution in [0.15, 0.2) is 34.7 Å². The summed E-state index contributed by atoms with van der Waals surface area (Å²) in [4.78, 5) is 0. The molecule has 17 heavy (non-hydrogen) atoms. The van der Waals surface area contributed by atoms with Gasteiger partial charge < -0.3 is 9.52 Å². The van der Waals surface area contributed by atoms with E-state index in [2.05, 4.69) is 0 Å². The molecule has 3 heteroatoms.